The van der Waals surface area contributed by atoms with Crippen LogP contribution in [0.5, 0.6) is 0 Å². The topological polar surface area (TPSA) is 99.2 Å². The third-order valence-corrected chi connectivity index (χ3v) is 5.81. The summed E-state index contributed by atoms with van der Waals surface area (Å²) in [4.78, 5) is 36.7. The molecule has 4 aromatic rings. The summed E-state index contributed by atoms with van der Waals surface area (Å²) in [5.74, 6) is -0.471. The summed E-state index contributed by atoms with van der Waals surface area (Å²) in [6, 6.07) is 13.9. The molecule has 2 aromatic heterocycles. The van der Waals surface area contributed by atoms with Crippen LogP contribution in [-0.4, -0.2) is 38.9 Å². The van der Waals surface area contributed by atoms with Crippen LogP contribution in [0.1, 0.15) is 37.7 Å². The molecule has 0 radical (unpaired) electrons. The maximum atomic E-state index is 11.2. The van der Waals surface area contributed by atoms with Gasteiger partial charge in [0, 0.05) is 53.4 Å². The zero-order valence-corrected chi connectivity index (χ0v) is 16.9. The number of nitrogens with one attached hydrogen (secondary N) is 1. The summed E-state index contributed by atoms with van der Waals surface area (Å²) in [6.45, 7) is 3.10. The number of aryl methyl sites for hydroxylation is 1. The van der Waals surface area contributed by atoms with Crippen LogP contribution in [0.3, 0.4) is 0 Å². The van der Waals surface area contributed by atoms with Crippen molar-refractivity contribution in [3.8, 4) is 11.1 Å². The van der Waals surface area contributed by atoms with E-state index in [1.165, 1.54) is 17.5 Å². The van der Waals surface area contributed by atoms with Gasteiger partial charge in [-0.05, 0) is 30.2 Å². The van der Waals surface area contributed by atoms with E-state index in [1.807, 2.05) is 18.2 Å². The standard InChI is InChI=1S/C24H20N4O3/c1-14-19(23(30)31)11-25-24(26-14)28-8-7-21-20(12-28)18-6-5-17(10-22(18)27-21)16-4-2-3-15(9-16)13-29/h2-6,9-11,13,27H,7-8,12H2,1H3,(H,30,31). The lowest BCUT2D eigenvalue weighted by atomic mass is 10.00. The molecular weight excluding hydrogens is 392 g/mol. The third-order valence-electron chi connectivity index (χ3n) is 5.81. The molecule has 2 aromatic carbocycles. The number of fused-ring (bicyclic) bond motifs is 3. The van der Waals surface area contributed by atoms with Gasteiger partial charge in [-0.15, -0.1) is 0 Å². The van der Waals surface area contributed by atoms with E-state index < -0.39 is 5.97 Å². The molecule has 0 bridgehead atoms. The average molecular weight is 412 g/mol. The lowest BCUT2D eigenvalue weighted by Gasteiger charge is -2.27. The Morgan fingerprint density at radius 3 is 2.81 bits per heavy atom. The van der Waals surface area contributed by atoms with Crippen LogP contribution in [-0.2, 0) is 13.0 Å². The Labute approximate surface area is 178 Å². The van der Waals surface area contributed by atoms with Crippen molar-refractivity contribution in [1.29, 1.82) is 0 Å². The fraction of sp³-hybridized carbons (Fsp3) is 0.167. The second-order valence-corrected chi connectivity index (χ2v) is 7.73. The average Bonchev–Trinajstić information content (AvgIpc) is 3.15. The molecule has 0 saturated heterocycles. The minimum atomic E-state index is -1.02. The van der Waals surface area contributed by atoms with Crippen molar-refractivity contribution in [1.82, 2.24) is 15.0 Å². The Morgan fingerprint density at radius 2 is 2.03 bits per heavy atom. The number of carbonyl (C=O) groups is 2. The number of aldehydes is 1. The van der Waals surface area contributed by atoms with E-state index in [2.05, 4.69) is 38.1 Å². The number of benzene rings is 2. The lowest BCUT2D eigenvalue weighted by molar-refractivity contribution is 0.0695. The predicted molar refractivity (Wildman–Crippen MR) is 118 cm³/mol. The van der Waals surface area contributed by atoms with Crippen LogP contribution < -0.4 is 4.90 Å². The summed E-state index contributed by atoms with van der Waals surface area (Å²) < 4.78 is 0. The number of nitrogens with zero attached hydrogens (tertiary/aromatic N) is 3. The number of H-pyrrole nitrogens is 1. The van der Waals surface area contributed by atoms with Crippen LogP contribution in [0.2, 0.25) is 0 Å². The molecule has 7 nitrogen and oxygen atoms in total. The van der Waals surface area contributed by atoms with Gasteiger partial charge in [-0.3, -0.25) is 4.79 Å². The molecule has 0 spiro atoms. The minimum absolute atomic E-state index is 0.125. The van der Waals surface area contributed by atoms with Gasteiger partial charge in [-0.2, -0.15) is 0 Å². The van der Waals surface area contributed by atoms with Gasteiger partial charge in [0.2, 0.25) is 5.95 Å². The molecule has 5 rings (SSSR count). The highest BCUT2D eigenvalue weighted by atomic mass is 16.4. The number of carbonyl (C=O) groups excluding carboxylic acids is 1. The molecule has 1 aliphatic heterocycles. The van der Waals surface area contributed by atoms with Crippen molar-refractivity contribution in [3.05, 3.63) is 76.7 Å². The first kappa shape index (κ1) is 19.0. The zero-order valence-electron chi connectivity index (χ0n) is 16.9. The maximum Gasteiger partial charge on any atom is 0.339 e. The predicted octanol–water partition coefficient (Wildman–Crippen LogP) is 4.01. The highest BCUT2D eigenvalue weighted by Crippen LogP contribution is 2.32. The maximum absolute atomic E-state index is 11.2. The molecule has 31 heavy (non-hydrogen) atoms. The van der Waals surface area contributed by atoms with Crippen LogP contribution in [0.15, 0.2) is 48.7 Å². The molecule has 154 valence electrons. The van der Waals surface area contributed by atoms with Crippen molar-refractivity contribution in [2.24, 2.45) is 0 Å². The molecule has 0 atom stereocenters. The van der Waals surface area contributed by atoms with E-state index >= 15 is 0 Å². The van der Waals surface area contributed by atoms with Gasteiger partial charge in [0.05, 0.1) is 11.3 Å². The smallest absolute Gasteiger partial charge is 0.339 e. The lowest BCUT2D eigenvalue weighted by Crippen LogP contribution is -2.31. The molecular formula is C24H20N4O3. The number of carboxylic acid groups (broad SMARTS) is 1. The zero-order chi connectivity index (χ0) is 21.5. The van der Waals surface area contributed by atoms with E-state index in [0.29, 0.717) is 23.8 Å². The highest BCUT2D eigenvalue weighted by Gasteiger charge is 2.23. The molecule has 0 fully saturated rings. The summed E-state index contributed by atoms with van der Waals surface area (Å²) in [5.41, 5.74) is 6.76. The molecule has 0 unspecified atom stereocenters. The summed E-state index contributed by atoms with van der Waals surface area (Å²) >= 11 is 0. The van der Waals surface area contributed by atoms with E-state index in [0.717, 1.165) is 41.3 Å². The number of hydrogen-bond acceptors (Lipinski definition) is 5. The summed E-state index contributed by atoms with van der Waals surface area (Å²) in [5, 5.41) is 10.4. The van der Waals surface area contributed by atoms with E-state index in [1.54, 1.807) is 13.0 Å². The largest absolute Gasteiger partial charge is 0.478 e. The second kappa shape index (κ2) is 7.36. The normalized spacial score (nSPS) is 13.3. The highest BCUT2D eigenvalue weighted by molar-refractivity contribution is 5.90. The first-order valence-corrected chi connectivity index (χ1v) is 10.0. The van der Waals surface area contributed by atoms with Crippen LogP contribution in [0.25, 0.3) is 22.0 Å². The SMILES string of the molecule is Cc1nc(N2CCc3[nH]c4cc(-c5cccc(C=O)c5)ccc4c3C2)ncc1C(=O)O. The van der Waals surface area contributed by atoms with Crippen LogP contribution in [0, 0.1) is 6.92 Å². The van der Waals surface area contributed by atoms with Gasteiger partial charge in [-0.1, -0.05) is 30.3 Å². The molecule has 1 aliphatic rings. The fourth-order valence-corrected chi connectivity index (χ4v) is 4.18. The van der Waals surface area contributed by atoms with Crippen molar-refractivity contribution in [3.63, 3.8) is 0 Å². The first-order chi connectivity index (χ1) is 15.0. The summed E-state index contributed by atoms with van der Waals surface area (Å²) in [7, 11) is 0. The number of hydrogen-bond donors (Lipinski definition) is 2. The Kier molecular flexibility index (Phi) is 4.51. The van der Waals surface area contributed by atoms with Crippen molar-refractivity contribution in [2.75, 3.05) is 11.4 Å². The second-order valence-electron chi connectivity index (χ2n) is 7.73. The fourth-order valence-electron chi connectivity index (χ4n) is 4.18. The first-order valence-electron chi connectivity index (χ1n) is 10.0. The number of aromatic carboxylic acids is 1. The van der Waals surface area contributed by atoms with E-state index in [-0.39, 0.29) is 5.56 Å². The summed E-state index contributed by atoms with van der Waals surface area (Å²) in [6.07, 6.45) is 3.06. The number of aromatic nitrogens is 3. The molecule has 7 heteroatoms. The van der Waals surface area contributed by atoms with Gasteiger partial charge in [0.15, 0.2) is 0 Å². The van der Waals surface area contributed by atoms with Crippen molar-refractivity contribution >= 4 is 29.1 Å². The van der Waals surface area contributed by atoms with Crippen LogP contribution in [0.4, 0.5) is 5.95 Å². The number of rotatable bonds is 4. The van der Waals surface area contributed by atoms with Gasteiger partial charge in [-0.25, -0.2) is 14.8 Å². The monoisotopic (exact) mass is 412 g/mol. The van der Waals surface area contributed by atoms with Gasteiger partial charge < -0.3 is 15.0 Å². The van der Waals surface area contributed by atoms with Crippen molar-refractivity contribution < 1.29 is 14.7 Å². The van der Waals surface area contributed by atoms with Gasteiger partial charge in [0.25, 0.3) is 0 Å². The van der Waals surface area contributed by atoms with Gasteiger partial charge >= 0.3 is 5.97 Å². The Hall–Kier alpha value is -4.00. The van der Waals surface area contributed by atoms with Crippen molar-refractivity contribution in [2.45, 2.75) is 19.9 Å². The van der Waals surface area contributed by atoms with E-state index in [9.17, 15) is 14.7 Å². The Balaban J connectivity index is 1.48. The molecule has 0 aliphatic carbocycles. The number of carboxylic acids is 1. The number of anilines is 1. The third kappa shape index (κ3) is 3.34. The molecule has 3 heterocycles. The Morgan fingerprint density at radius 1 is 1.19 bits per heavy atom. The van der Waals surface area contributed by atoms with E-state index in [4.69, 9.17) is 0 Å². The quantitative estimate of drug-likeness (QED) is 0.492. The Bertz CT molecular complexity index is 1340. The minimum Gasteiger partial charge on any atom is -0.478 e. The molecule has 0 saturated carbocycles. The van der Waals surface area contributed by atoms with Gasteiger partial charge in [0.1, 0.15) is 6.29 Å². The van der Waals surface area contributed by atoms with Crippen LogP contribution >= 0.6 is 0 Å². The molecule has 2 N–H and O–H groups in total. The number of aromatic amines is 1. The molecule has 0 amide bonds.